The zero-order chi connectivity index (χ0) is 14.6. The van der Waals surface area contributed by atoms with Crippen molar-refractivity contribution in [2.24, 2.45) is 0 Å². The van der Waals surface area contributed by atoms with Gasteiger partial charge in [-0.1, -0.05) is 12.1 Å². The summed E-state index contributed by atoms with van der Waals surface area (Å²) in [4.78, 5) is 13.0. The molecule has 0 saturated heterocycles. The Morgan fingerprint density at radius 1 is 1.42 bits per heavy atom. The molecule has 1 amide bonds. The molecule has 0 heterocycles. The first-order valence-corrected chi connectivity index (χ1v) is 7.33. The number of phenols is 1. The number of para-hydroxylation sites is 1. The van der Waals surface area contributed by atoms with Crippen molar-refractivity contribution < 1.29 is 18.3 Å². The zero-order valence-electron chi connectivity index (χ0n) is 11.1. The van der Waals surface area contributed by atoms with Gasteiger partial charge in [0.15, 0.2) is 0 Å². The second-order valence-corrected chi connectivity index (χ2v) is 5.85. The molecule has 0 aliphatic heterocycles. The lowest BCUT2D eigenvalue weighted by Crippen LogP contribution is -2.45. The number of carbonyl (C=O) groups excluding carboxylic acids is 1. The summed E-state index contributed by atoms with van der Waals surface area (Å²) in [6, 6.07) is 4.68. The van der Waals surface area contributed by atoms with Crippen LogP contribution in [0.3, 0.4) is 0 Å². The first kappa shape index (κ1) is 15.5. The van der Waals surface area contributed by atoms with Crippen molar-refractivity contribution in [1.82, 2.24) is 9.62 Å². The second kappa shape index (κ2) is 6.03. The van der Waals surface area contributed by atoms with Gasteiger partial charge in [0, 0.05) is 13.6 Å². The molecule has 0 spiro atoms. The van der Waals surface area contributed by atoms with Crippen LogP contribution in [0.15, 0.2) is 29.2 Å². The minimum absolute atomic E-state index is 0.242. The number of phenolic OH excluding ortho intramolecular Hbond substituents is 1. The van der Waals surface area contributed by atoms with E-state index in [-0.39, 0.29) is 16.6 Å². The number of sulfonamides is 1. The van der Waals surface area contributed by atoms with Gasteiger partial charge in [-0.3, -0.25) is 4.79 Å². The van der Waals surface area contributed by atoms with Gasteiger partial charge in [0.2, 0.25) is 15.9 Å². The van der Waals surface area contributed by atoms with Gasteiger partial charge in [-0.2, -0.15) is 4.72 Å². The van der Waals surface area contributed by atoms with Crippen LogP contribution in [0.2, 0.25) is 0 Å². The lowest BCUT2D eigenvalue weighted by Gasteiger charge is -2.20. The van der Waals surface area contributed by atoms with Crippen LogP contribution < -0.4 is 4.72 Å². The number of benzene rings is 1. The van der Waals surface area contributed by atoms with Crippen LogP contribution in [0, 0.1) is 0 Å². The first-order chi connectivity index (χ1) is 8.79. The highest BCUT2D eigenvalue weighted by Gasteiger charge is 2.25. The molecule has 0 bridgehead atoms. The number of aromatic hydroxyl groups is 1. The maximum absolute atomic E-state index is 12.0. The predicted molar refractivity (Wildman–Crippen MR) is 71.2 cm³/mol. The maximum Gasteiger partial charge on any atom is 0.244 e. The highest BCUT2D eigenvalue weighted by atomic mass is 32.2. The smallest absolute Gasteiger partial charge is 0.244 e. The fourth-order valence-electron chi connectivity index (χ4n) is 1.52. The number of nitrogens with zero attached hydrogens (tertiary/aromatic N) is 1. The molecular formula is C12H18N2O4S. The summed E-state index contributed by atoms with van der Waals surface area (Å²) in [6.45, 7) is 3.75. The van der Waals surface area contributed by atoms with Crippen molar-refractivity contribution >= 4 is 15.9 Å². The van der Waals surface area contributed by atoms with Crippen LogP contribution in [0.1, 0.15) is 13.8 Å². The molecule has 106 valence electrons. The average molecular weight is 286 g/mol. The Kier molecular flexibility index (Phi) is 4.90. The number of hydrogen-bond acceptors (Lipinski definition) is 4. The molecule has 0 aliphatic rings. The van der Waals surface area contributed by atoms with Crippen LogP contribution in [-0.2, 0) is 14.8 Å². The van der Waals surface area contributed by atoms with E-state index in [1.807, 2.05) is 0 Å². The van der Waals surface area contributed by atoms with Crippen molar-refractivity contribution in [3.8, 4) is 5.75 Å². The number of nitrogens with one attached hydrogen (secondary N) is 1. The molecular weight excluding hydrogens is 268 g/mol. The van der Waals surface area contributed by atoms with E-state index in [0.717, 1.165) is 0 Å². The third-order valence-electron chi connectivity index (χ3n) is 2.71. The van der Waals surface area contributed by atoms with Gasteiger partial charge < -0.3 is 10.0 Å². The van der Waals surface area contributed by atoms with Crippen molar-refractivity contribution in [3.05, 3.63) is 24.3 Å². The lowest BCUT2D eigenvalue weighted by molar-refractivity contribution is -0.131. The van der Waals surface area contributed by atoms with Gasteiger partial charge in [0.05, 0.1) is 6.04 Å². The van der Waals surface area contributed by atoms with Gasteiger partial charge >= 0.3 is 0 Å². The summed E-state index contributed by atoms with van der Waals surface area (Å²) < 4.78 is 26.3. The minimum Gasteiger partial charge on any atom is -0.507 e. The number of rotatable bonds is 5. The summed E-state index contributed by atoms with van der Waals surface area (Å²) >= 11 is 0. The fraction of sp³-hybridized carbons (Fsp3) is 0.417. The standard InChI is InChI=1S/C12H18N2O4S/c1-4-14(3)12(16)9(2)13-19(17,18)11-8-6-5-7-10(11)15/h5-9,13,15H,4H2,1-3H3. The molecule has 1 aromatic carbocycles. The predicted octanol–water partition coefficient (Wildman–Crippen LogP) is 0.537. The molecule has 1 atom stereocenters. The highest BCUT2D eigenvalue weighted by Crippen LogP contribution is 2.21. The van der Waals surface area contributed by atoms with E-state index in [9.17, 15) is 18.3 Å². The molecule has 1 rings (SSSR count). The largest absolute Gasteiger partial charge is 0.507 e. The molecule has 0 aliphatic carbocycles. The van der Waals surface area contributed by atoms with Gasteiger partial charge in [0.1, 0.15) is 10.6 Å². The molecule has 1 aromatic rings. The molecule has 19 heavy (non-hydrogen) atoms. The minimum atomic E-state index is -3.92. The topological polar surface area (TPSA) is 86.7 Å². The molecule has 0 fully saturated rings. The number of carbonyl (C=O) groups is 1. The Hall–Kier alpha value is -1.60. The van der Waals surface area contributed by atoms with E-state index in [2.05, 4.69) is 4.72 Å². The van der Waals surface area contributed by atoms with E-state index in [0.29, 0.717) is 6.54 Å². The summed E-state index contributed by atoms with van der Waals surface area (Å²) in [6.07, 6.45) is 0. The Morgan fingerprint density at radius 3 is 2.53 bits per heavy atom. The van der Waals surface area contributed by atoms with Gasteiger partial charge in [-0.25, -0.2) is 8.42 Å². The maximum atomic E-state index is 12.0. The Morgan fingerprint density at radius 2 is 2.00 bits per heavy atom. The number of amides is 1. The fourth-order valence-corrected chi connectivity index (χ4v) is 2.81. The summed E-state index contributed by atoms with van der Waals surface area (Å²) in [7, 11) is -2.33. The van der Waals surface area contributed by atoms with Gasteiger partial charge in [-0.05, 0) is 26.0 Å². The van der Waals surface area contributed by atoms with E-state index in [1.54, 1.807) is 14.0 Å². The monoisotopic (exact) mass is 286 g/mol. The Labute approximate surface area is 113 Å². The third-order valence-corrected chi connectivity index (χ3v) is 4.30. The molecule has 1 unspecified atom stereocenters. The van der Waals surface area contributed by atoms with Crippen LogP contribution in [-0.4, -0.2) is 44.0 Å². The lowest BCUT2D eigenvalue weighted by atomic mass is 10.3. The van der Waals surface area contributed by atoms with Crippen molar-refractivity contribution in [1.29, 1.82) is 0 Å². The normalized spacial score (nSPS) is 13.0. The van der Waals surface area contributed by atoms with E-state index in [4.69, 9.17) is 0 Å². The SMILES string of the molecule is CCN(C)C(=O)C(C)NS(=O)(=O)c1ccccc1O. The molecule has 2 N–H and O–H groups in total. The molecule has 0 radical (unpaired) electrons. The second-order valence-electron chi connectivity index (χ2n) is 4.16. The van der Waals surface area contributed by atoms with Crippen molar-refractivity contribution in [2.75, 3.05) is 13.6 Å². The summed E-state index contributed by atoms with van der Waals surface area (Å²) in [5.74, 6) is -0.681. The van der Waals surface area contributed by atoms with E-state index < -0.39 is 16.1 Å². The molecule has 7 heteroatoms. The average Bonchev–Trinajstić information content (AvgIpc) is 2.36. The van der Waals surface area contributed by atoms with Crippen LogP contribution >= 0.6 is 0 Å². The molecule has 0 saturated carbocycles. The van der Waals surface area contributed by atoms with Crippen LogP contribution in [0.5, 0.6) is 5.75 Å². The van der Waals surface area contributed by atoms with E-state index >= 15 is 0 Å². The molecule has 0 aromatic heterocycles. The quantitative estimate of drug-likeness (QED) is 0.827. The Balaban J connectivity index is 2.93. The van der Waals surface area contributed by atoms with Gasteiger partial charge in [0.25, 0.3) is 0 Å². The molecule has 6 nitrogen and oxygen atoms in total. The number of hydrogen-bond donors (Lipinski definition) is 2. The van der Waals surface area contributed by atoms with Crippen LogP contribution in [0.4, 0.5) is 0 Å². The van der Waals surface area contributed by atoms with Crippen LogP contribution in [0.25, 0.3) is 0 Å². The third kappa shape index (κ3) is 3.68. The Bertz CT molecular complexity index is 557. The summed E-state index contributed by atoms with van der Waals surface area (Å²) in [5, 5.41) is 9.54. The highest BCUT2D eigenvalue weighted by molar-refractivity contribution is 7.89. The van der Waals surface area contributed by atoms with Crippen molar-refractivity contribution in [2.45, 2.75) is 24.8 Å². The van der Waals surface area contributed by atoms with Crippen molar-refractivity contribution in [3.63, 3.8) is 0 Å². The van der Waals surface area contributed by atoms with Gasteiger partial charge in [-0.15, -0.1) is 0 Å². The first-order valence-electron chi connectivity index (χ1n) is 5.85. The van der Waals surface area contributed by atoms with E-state index in [1.165, 1.54) is 36.1 Å². The number of likely N-dealkylation sites (N-methyl/N-ethyl adjacent to an activating group) is 1. The zero-order valence-corrected chi connectivity index (χ0v) is 11.9. The summed E-state index contributed by atoms with van der Waals surface area (Å²) in [5.41, 5.74) is 0.